The fourth-order valence-corrected chi connectivity index (χ4v) is 2.89. The molecule has 21 heavy (non-hydrogen) atoms. The van der Waals surface area contributed by atoms with E-state index in [4.69, 9.17) is 0 Å². The van der Waals surface area contributed by atoms with Crippen LogP contribution in [0.5, 0.6) is 0 Å². The van der Waals surface area contributed by atoms with Gasteiger partial charge in [-0.25, -0.2) is 0 Å². The average molecular weight is 351 g/mol. The fraction of sp³-hybridized carbons (Fsp3) is 0.357. The van der Waals surface area contributed by atoms with E-state index < -0.39 is 0 Å². The second-order valence-electron chi connectivity index (χ2n) is 5.17. The first-order valence-corrected chi connectivity index (χ1v) is 7.50. The van der Waals surface area contributed by atoms with Crippen molar-refractivity contribution in [1.29, 1.82) is 0 Å². The molecule has 3 rings (SSSR count). The quantitative estimate of drug-likeness (QED) is 0.823. The third-order valence-corrected chi connectivity index (χ3v) is 4.16. The number of halogens is 1. The predicted molar refractivity (Wildman–Crippen MR) is 81.2 cm³/mol. The van der Waals surface area contributed by atoms with E-state index in [0.717, 1.165) is 10.9 Å². The van der Waals surface area contributed by atoms with Gasteiger partial charge >= 0.3 is 0 Å². The number of likely N-dealkylation sites (tertiary alicyclic amines) is 1. The first-order chi connectivity index (χ1) is 10.1. The summed E-state index contributed by atoms with van der Waals surface area (Å²) in [5.74, 6) is -0.204. The van der Waals surface area contributed by atoms with Crippen molar-refractivity contribution in [1.82, 2.24) is 19.2 Å². The Bertz CT molecular complexity index is 737. The van der Waals surface area contributed by atoms with E-state index in [1.165, 1.54) is 4.57 Å². The van der Waals surface area contributed by atoms with E-state index >= 15 is 0 Å². The summed E-state index contributed by atoms with van der Waals surface area (Å²) in [5, 5.41) is 4.26. The Balaban J connectivity index is 1.78. The zero-order valence-electron chi connectivity index (χ0n) is 11.6. The van der Waals surface area contributed by atoms with Crippen molar-refractivity contribution in [2.75, 3.05) is 13.1 Å². The summed E-state index contributed by atoms with van der Waals surface area (Å²) in [6, 6.07) is 3.46. The Morgan fingerprint density at radius 1 is 1.48 bits per heavy atom. The fourth-order valence-electron chi connectivity index (χ4n) is 2.59. The van der Waals surface area contributed by atoms with Gasteiger partial charge in [-0.3, -0.25) is 14.3 Å². The molecule has 1 fully saturated rings. The van der Waals surface area contributed by atoms with Crippen LogP contribution in [0.25, 0.3) is 0 Å². The first kappa shape index (κ1) is 14.1. The maximum atomic E-state index is 12.5. The molecule has 0 saturated carbocycles. The van der Waals surface area contributed by atoms with Crippen LogP contribution in [-0.2, 0) is 7.05 Å². The number of carbonyl (C=O) groups excluding carboxylic acids is 1. The van der Waals surface area contributed by atoms with Crippen molar-refractivity contribution in [3.8, 4) is 0 Å². The van der Waals surface area contributed by atoms with Gasteiger partial charge in [0.1, 0.15) is 5.56 Å². The number of pyridine rings is 1. The van der Waals surface area contributed by atoms with Crippen LogP contribution in [-0.4, -0.2) is 38.2 Å². The second kappa shape index (κ2) is 5.48. The van der Waals surface area contributed by atoms with Gasteiger partial charge in [0, 0.05) is 32.5 Å². The van der Waals surface area contributed by atoms with E-state index in [-0.39, 0.29) is 23.1 Å². The van der Waals surface area contributed by atoms with Crippen LogP contribution in [0.4, 0.5) is 0 Å². The molecule has 1 aliphatic rings. The first-order valence-electron chi connectivity index (χ1n) is 6.71. The monoisotopic (exact) mass is 350 g/mol. The van der Waals surface area contributed by atoms with Crippen LogP contribution in [0.15, 0.2) is 40.0 Å². The van der Waals surface area contributed by atoms with Crippen molar-refractivity contribution in [3.05, 3.63) is 51.1 Å². The molecule has 1 aliphatic heterocycles. The summed E-state index contributed by atoms with van der Waals surface area (Å²) in [5.41, 5.74) is -0.0323. The molecule has 2 aromatic rings. The topological polar surface area (TPSA) is 60.1 Å². The normalized spacial score (nSPS) is 18.2. The minimum absolute atomic E-state index is 0.160. The number of carbonyl (C=O) groups is 1. The van der Waals surface area contributed by atoms with E-state index in [9.17, 15) is 9.59 Å². The minimum atomic E-state index is -0.257. The lowest BCUT2D eigenvalue weighted by Crippen LogP contribution is -2.34. The highest BCUT2D eigenvalue weighted by Gasteiger charge is 2.29. The highest BCUT2D eigenvalue weighted by Crippen LogP contribution is 2.23. The number of aryl methyl sites for hydroxylation is 1. The van der Waals surface area contributed by atoms with E-state index in [1.807, 2.05) is 10.9 Å². The molecule has 0 N–H and O–H groups in total. The van der Waals surface area contributed by atoms with Gasteiger partial charge in [0.15, 0.2) is 0 Å². The molecule has 6 nitrogen and oxygen atoms in total. The average Bonchev–Trinajstić information content (AvgIpc) is 3.09. The van der Waals surface area contributed by atoms with Crippen molar-refractivity contribution in [3.63, 3.8) is 0 Å². The number of nitrogens with zero attached hydrogens (tertiary/aromatic N) is 4. The maximum absolute atomic E-state index is 12.5. The third kappa shape index (κ3) is 2.65. The molecule has 110 valence electrons. The Labute approximate surface area is 130 Å². The van der Waals surface area contributed by atoms with Gasteiger partial charge in [-0.05, 0) is 34.5 Å². The standard InChI is InChI=1S/C14H15BrN4O2/c1-17-5-2-3-12(13(17)20)14(21)18-6-4-11(9-18)19-8-10(15)7-16-19/h2-3,5,7-8,11H,4,6,9H2,1H3. The molecule has 0 aromatic carbocycles. The lowest BCUT2D eigenvalue weighted by Gasteiger charge is -2.16. The van der Waals surface area contributed by atoms with Crippen LogP contribution in [0.2, 0.25) is 0 Å². The molecular formula is C14H15BrN4O2. The zero-order chi connectivity index (χ0) is 15.0. The zero-order valence-corrected chi connectivity index (χ0v) is 13.2. The Hall–Kier alpha value is -1.89. The van der Waals surface area contributed by atoms with Gasteiger partial charge in [0.2, 0.25) is 0 Å². The predicted octanol–water partition coefficient (Wildman–Crippen LogP) is 1.43. The lowest BCUT2D eigenvalue weighted by atomic mass is 10.2. The van der Waals surface area contributed by atoms with Crippen LogP contribution in [0, 0.1) is 0 Å². The molecule has 3 heterocycles. The van der Waals surface area contributed by atoms with Gasteiger partial charge in [0.05, 0.1) is 16.7 Å². The molecule has 0 bridgehead atoms. The van der Waals surface area contributed by atoms with Crippen molar-refractivity contribution in [2.45, 2.75) is 12.5 Å². The maximum Gasteiger partial charge on any atom is 0.263 e. The summed E-state index contributed by atoms with van der Waals surface area (Å²) in [7, 11) is 1.65. The lowest BCUT2D eigenvalue weighted by molar-refractivity contribution is 0.0784. The Morgan fingerprint density at radius 2 is 2.29 bits per heavy atom. The molecule has 2 aromatic heterocycles. The molecule has 1 amide bonds. The molecule has 1 saturated heterocycles. The van der Waals surface area contributed by atoms with Gasteiger partial charge in [-0.15, -0.1) is 0 Å². The third-order valence-electron chi connectivity index (χ3n) is 3.75. The van der Waals surface area contributed by atoms with Crippen molar-refractivity contribution < 1.29 is 4.79 Å². The second-order valence-corrected chi connectivity index (χ2v) is 6.09. The Kier molecular flexibility index (Phi) is 3.67. The van der Waals surface area contributed by atoms with Gasteiger partial charge in [-0.1, -0.05) is 0 Å². The summed E-state index contributed by atoms with van der Waals surface area (Å²) >= 11 is 3.37. The largest absolute Gasteiger partial charge is 0.336 e. The van der Waals surface area contributed by atoms with Gasteiger partial charge in [0.25, 0.3) is 11.5 Å². The summed E-state index contributed by atoms with van der Waals surface area (Å²) < 4.78 is 4.20. The number of hydrogen-bond donors (Lipinski definition) is 0. The highest BCUT2D eigenvalue weighted by atomic mass is 79.9. The van der Waals surface area contributed by atoms with Crippen LogP contribution < -0.4 is 5.56 Å². The molecule has 1 atom stereocenters. The highest BCUT2D eigenvalue weighted by molar-refractivity contribution is 9.10. The van der Waals surface area contributed by atoms with Crippen LogP contribution in [0.3, 0.4) is 0 Å². The molecule has 0 spiro atoms. The smallest absolute Gasteiger partial charge is 0.263 e. The van der Waals surface area contributed by atoms with Crippen LogP contribution in [0.1, 0.15) is 22.8 Å². The Morgan fingerprint density at radius 3 is 3.00 bits per heavy atom. The molecule has 0 radical (unpaired) electrons. The SMILES string of the molecule is Cn1cccc(C(=O)N2CCC(n3cc(Br)cn3)C2)c1=O. The van der Waals surface area contributed by atoms with Gasteiger partial charge < -0.3 is 9.47 Å². The van der Waals surface area contributed by atoms with Crippen molar-refractivity contribution >= 4 is 21.8 Å². The van der Waals surface area contributed by atoms with E-state index in [1.54, 1.807) is 36.5 Å². The number of amides is 1. The van der Waals surface area contributed by atoms with Gasteiger partial charge in [-0.2, -0.15) is 5.10 Å². The van der Waals surface area contributed by atoms with E-state index in [0.29, 0.717) is 13.1 Å². The number of aromatic nitrogens is 3. The molecule has 0 aliphatic carbocycles. The summed E-state index contributed by atoms with van der Waals surface area (Å²) in [4.78, 5) is 26.2. The molecule has 7 heteroatoms. The molecular weight excluding hydrogens is 336 g/mol. The number of hydrogen-bond acceptors (Lipinski definition) is 3. The minimum Gasteiger partial charge on any atom is -0.336 e. The summed E-state index contributed by atoms with van der Waals surface area (Å²) in [6.45, 7) is 1.21. The number of rotatable bonds is 2. The van der Waals surface area contributed by atoms with Crippen molar-refractivity contribution in [2.24, 2.45) is 7.05 Å². The molecule has 1 unspecified atom stereocenters. The summed E-state index contributed by atoms with van der Waals surface area (Å²) in [6.07, 6.45) is 6.12. The van der Waals surface area contributed by atoms with Crippen LogP contribution >= 0.6 is 15.9 Å². The van der Waals surface area contributed by atoms with E-state index in [2.05, 4.69) is 21.0 Å².